The van der Waals surface area contributed by atoms with Crippen LogP contribution in [-0.4, -0.2) is 28.5 Å². The molecule has 0 saturated carbocycles. The first-order chi connectivity index (χ1) is 15.4. The molecule has 3 aromatic carbocycles. The molecule has 1 atom stereocenters. The number of carboxylic acids is 1. The summed E-state index contributed by atoms with van der Waals surface area (Å²) < 4.78 is 5.35. The number of hydrogen-bond acceptors (Lipinski definition) is 4. The van der Waals surface area contributed by atoms with Crippen LogP contribution in [0.4, 0.5) is 0 Å². The van der Waals surface area contributed by atoms with Gasteiger partial charge < -0.3 is 15.2 Å². The molecule has 3 rings (SSSR count). The SMILES string of the molecule is C=C=CC(Cc1ccc(OC(=O)c2ccccc2)cc1)(NC(=O)c1ccccc1)C(=O)O. The molecule has 6 nitrogen and oxygen atoms in total. The summed E-state index contributed by atoms with van der Waals surface area (Å²) in [5.41, 5.74) is 2.08. The Morgan fingerprint density at radius 1 is 0.906 bits per heavy atom. The minimum absolute atomic E-state index is 0.0592. The predicted molar refractivity (Wildman–Crippen MR) is 120 cm³/mol. The van der Waals surface area contributed by atoms with Gasteiger partial charge in [-0.15, -0.1) is 5.73 Å². The van der Waals surface area contributed by atoms with Gasteiger partial charge in [0.05, 0.1) is 5.56 Å². The summed E-state index contributed by atoms with van der Waals surface area (Å²) in [5.74, 6) is -1.97. The van der Waals surface area contributed by atoms with Gasteiger partial charge in [-0.05, 0) is 48.0 Å². The number of rotatable bonds is 8. The highest BCUT2D eigenvalue weighted by Crippen LogP contribution is 2.21. The minimum atomic E-state index is -1.75. The highest BCUT2D eigenvalue weighted by molar-refractivity contribution is 5.98. The zero-order valence-electron chi connectivity index (χ0n) is 17.2. The van der Waals surface area contributed by atoms with Crippen LogP contribution in [0.25, 0.3) is 0 Å². The van der Waals surface area contributed by atoms with Gasteiger partial charge in [0.25, 0.3) is 5.91 Å². The average Bonchev–Trinajstić information content (AvgIpc) is 2.81. The van der Waals surface area contributed by atoms with E-state index in [1.807, 2.05) is 0 Å². The molecule has 0 aliphatic rings. The fourth-order valence-corrected chi connectivity index (χ4v) is 3.10. The van der Waals surface area contributed by atoms with Gasteiger partial charge in [-0.3, -0.25) is 4.79 Å². The fourth-order valence-electron chi connectivity index (χ4n) is 3.10. The van der Waals surface area contributed by atoms with E-state index in [0.717, 1.165) is 0 Å². The molecule has 0 spiro atoms. The van der Waals surface area contributed by atoms with E-state index in [2.05, 4.69) is 17.6 Å². The second-order valence-electron chi connectivity index (χ2n) is 7.02. The van der Waals surface area contributed by atoms with Crippen molar-refractivity contribution in [3.05, 3.63) is 120 Å². The van der Waals surface area contributed by atoms with E-state index in [4.69, 9.17) is 4.74 Å². The minimum Gasteiger partial charge on any atom is -0.479 e. The molecule has 32 heavy (non-hydrogen) atoms. The quantitative estimate of drug-likeness (QED) is 0.322. The van der Waals surface area contributed by atoms with Crippen LogP contribution in [-0.2, 0) is 11.2 Å². The zero-order chi connectivity index (χ0) is 23.0. The molecule has 0 bridgehead atoms. The second-order valence-corrected chi connectivity index (χ2v) is 7.02. The smallest absolute Gasteiger partial charge is 0.343 e. The van der Waals surface area contributed by atoms with Gasteiger partial charge in [0.1, 0.15) is 5.75 Å². The van der Waals surface area contributed by atoms with Gasteiger partial charge in [-0.1, -0.05) is 55.1 Å². The van der Waals surface area contributed by atoms with E-state index >= 15 is 0 Å². The summed E-state index contributed by atoms with van der Waals surface area (Å²) >= 11 is 0. The molecular formula is C26H21NO5. The van der Waals surface area contributed by atoms with Crippen LogP contribution in [0.15, 0.2) is 103 Å². The molecule has 0 fully saturated rings. The van der Waals surface area contributed by atoms with Crippen molar-refractivity contribution in [3.8, 4) is 5.75 Å². The number of carbonyl (C=O) groups excluding carboxylic acids is 2. The second kappa shape index (κ2) is 10.1. The van der Waals surface area contributed by atoms with Crippen molar-refractivity contribution in [2.75, 3.05) is 0 Å². The van der Waals surface area contributed by atoms with Crippen LogP contribution in [0.1, 0.15) is 26.3 Å². The summed E-state index contributed by atoms with van der Waals surface area (Å²) in [7, 11) is 0. The standard InChI is InChI=1S/C26H21NO5/c1-2-17-26(25(30)31,27-23(28)20-9-5-3-6-10-20)18-19-13-15-22(16-14-19)32-24(29)21-11-7-4-8-12-21/h3-17H,1,18H2,(H,27,28)(H,30,31). The summed E-state index contributed by atoms with van der Waals surface area (Å²) in [6.45, 7) is 3.47. The van der Waals surface area contributed by atoms with E-state index < -0.39 is 23.4 Å². The molecule has 3 aromatic rings. The number of carboxylic acid groups (broad SMARTS) is 1. The molecule has 6 heteroatoms. The maximum atomic E-state index is 12.6. The van der Waals surface area contributed by atoms with Crippen LogP contribution in [0.3, 0.4) is 0 Å². The van der Waals surface area contributed by atoms with Crippen LogP contribution in [0.5, 0.6) is 5.75 Å². The molecule has 160 valence electrons. The first-order valence-electron chi connectivity index (χ1n) is 9.77. The lowest BCUT2D eigenvalue weighted by Crippen LogP contribution is -2.54. The molecule has 2 N–H and O–H groups in total. The van der Waals surface area contributed by atoms with E-state index in [1.54, 1.807) is 84.9 Å². The third kappa shape index (κ3) is 5.39. The third-order valence-corrected chi connectivity index (χ3v) is 4.73. The molecule has 0 heterocycles. The van der Waals surface area contributed by atoms with Crippen LogP contribution >= 0.6 is 0 Å². The van der Waals surface area contributed by atoms with Gasteiger partial charge in [-0.2, -0.15) is 0 Å². The topological polar surface area (TPSA) is 92.7 Å². The van der Waals surface area contributed by atoms with Crippen LogP contribution in [0.2, 0.25) is 0 Å². The van der Waals surface area contributed by atoms with Crippen molar-refractivity contribution in [2.45, 2.75) is 12.0 Å². The Kier molecular flexibility index (Phi) is 7.01. The number of hydrogen-bond donors (Lipinski definition) is 2. The van der Waals surface area contributed by atoms with Crippen molar-refractivity contribution in [1.82, 2.24) is 5.32 Å². The lowest BCUT2D eigenvalue weighted by atomic mass is 9.90. The monoisotopic (exact) mass is 427 g/mol. The van der Waals surface area contributed by atoms with E-state index in [-0.39, 0.29) is 6.42 Å². The Labute approximate surface area is 185 Å². The molecule has 0 aliphatic carbocycles. The Hall–Kier alpha value is -4.41. The van der Waals surface area contributed by atoms with Crippen molar-refractivity contribution in [1.29, 1.82) is 0 Å². The predicted octanol–water partition coefficient (Wildman–Crippen LogP) is 4.04. The lowest BCUT2D eigenvalue weighted by molar-refractivity contribution is -0.142. The van der Waals surface area contributed by atoms with Gasteiger partial charge in [0.2, 0.25) is 0 Å². The van der Waals surface area contributed by atoms with Crippen molar-refractivity contribution in [2.24, 2.45) is 0 Å². The van der Waals surface area contributed by atoms with E-state index in [9.17, 15) is 19.5 Å². The van der Waals surface area contributed by atoms with Crippen LogP contribution in [0, 0.1) is 0 Å². The van der Waals surface area contributed by atoms with E-state index in [1.165, 1.54) is 6.08 Å². The number of aliphatic carboxylic acids is 1. The summed E-state index contributed by atoms with van der Waals surface area (Å²) in [6.07, 6.45) is 1.16. The number of esters is 1. The molecular weight excluding hydrogens is 406 g/mol. The van der Waals surface area contributed by atoms with Gasteiger partial charge in [0.15, 0.2) is 5.54 Å². The summed E-state index contributed by atoms with van der Waals surface area (Å²) in [6, 6.07) is 23.3. The number of nitrogens with one attached hydrogen (secondary N) is 1. The maximum absolute atomic E-state index is 12.6. The molecule has 0 radical (unpaired) electrons. The number of amides is 1. The molecule has 0 aromatic heterocycles. The Balaban J connectivity index is 1.79. The van der Waals surface area contributed by atoms with Gasteiger partial charge >= 0.3 is 11.9 Å². The van der Waals surface area contributed by atoms with Crippen molar-refractivity contribution in [3.63, 3.8) is 0 Å². The fraction of sp³-hybridized carbons (Fsp3) is 0.0769. The highest BCUT2D eigenvalue weighted by Gasteiger charge is 2.38. The highest BCUT2D eigenvalue weighted by atomic mass is 16.5. The van der Waals surface area contributed by atoms with Crippen molar-refractivity contribution < 1.29 is 24.2 Å². The largest absolute Gasteiger partial charge is 0.479 e. The Bertz CT molecular complexity index is 1150. The molecule has 1 amide bonds. The van der Waals surface area contributed by atoms with Crippen LogP contribution < -0.4 is 10.1 Å². The normalized spacial score (nSPS) is 12.0. The van der Waals surface area contributed by atoms with Gasteiger partial charge in [0, 0.05) is 12.0 Å². The van der Waals surface area contributed by atoms with Gasteiger partial charge in [-0.25, -0.2) is 9.59 Å². The first-order valence-corrected chi connectivity index (χ1v) is 9.77. The number of benzene rings is 3. The summed E-state index contributed by atoms with van der Waals surface area (Å²) in [5, 5.41) is 12.5. The van der Waals surface area contributed by atoms with E-state index in [0.29, 0.717) is 22.4 Å². The third-order valence-electron chi connectivity index (χ3n) is 4.73. The van der Waals surface area contributed by atoms with Crippen molar-refractivity contribution >= 4 is 17.8 Å². The average molecular weight is 427 g/mol. The molecule has 1 unspecified atom stereocenters. The number of carbonyl (C=O) groups is 3. The Morgan fingerprint density at radius 2 is 1.47 bits per heavy atom. The lowest BCUT2D eigenvalue weighted by Gasteiger charge is -2.27. The Morgan fingerprint density at radius 3 is 2.00 bits per heavy atom. The maximum Gasteiger partial charge on any atom is 0.343 e. The summed E-state index contributed by atoms with van der Waals surface area (Å²) in [4.78, 5) is 37.0. The molecule has 0 saturated heterocycles. The molecule has 0 aliphatic heterocycles. The first kappa shape index (κ1) is 22.3. The number of ether oxygens (including phenoxy) is 1. The zero-order valence-corrected chi connectivity index (χ0v) is 17.2.